The van der Waals surface area contributed by atoms with Crippen molar-refractivity contribution in [2.45, 2.75) is 18.9 Å². The Balaban J connectivity index is 1.41. The molecule has 8 heteroatoms. The number of amides is 1. The quantitative estimate of drug-likeness (QED) is 0.648. The molecule has 29 heavy (non-hydrogen) atoms. The van der Waals surface area contributed by atoms with Crippen LogP contribution in [-0.4, -0.2) is 44.8 Å². The lowest BCUT2D eigenvalue weighted by molar-refractivity contribution is 0.0585. The van der Waals surface area contributed by atoms with Crippen molar-refractivity contribution >= 4 is 17.5 Å². The second-order valence-electron chi connectivity index (χ2n) is 6.96. The average Bonchev–Trinajstić information content (AvgIpc) is 3.12. The molecule has 0 bridgehead atoms. The normalized spacial score (nSPS) is 14.8. The van der Waals surface area contributed by atoms with Crippen molar-refractivity contribution in [1.29, 1.82) is 0 Å². The summed E-state index contributed by atoms with van der Waals surface area (Å²) in [6.07, 6.45) is 4.62. The molecule has 0 unspecified atom stereocenters. The monoisotopic (exact) mass is 414 g/mol. The standard InChI is InChI=1S/C21H20ClFN4O2/c1-26-19(12-18(25-26)14-2-4-15(23)5-3-14)21(28)27-10-7-16(8-11-27)29-20-6-9-24-13-17(20)22/h2-6,9,12-13,16H,7-8,10-11H2,1H3. The highest BCUT2D eigenvalue weighted by molar-refractivity contribution is 6.31. The first-order chi connectivity index (χ1) is 14.0. The third-order valence-corrected chi connectivity index (χ3v) is 5.28. The Kier molecular flexibility index (Phi) is 5.49. The van der Waals surface area contributed by atoms with Gasteiger partial charge in [-0.15, -0.1) is 0 Å². The van der Waals surface area contributed by atoms with E-state index in [4.69, 9.17) is 16.3 Å². The molecule has 0 aliphatic carbocycles. The molecule has 0 spiro atoms. The Morgan fingerprint density at radius 2 is 1.93 bits per heavy atom. The molecule has 0 radical (unpaired) electrons. The van der Waals surface area contributed by atoms with Crippen molar-refractivity contribution in [2.24, 2.45) is 7.05 Å². The molecular weight excluding hydrogens is 395 g/mol. The van der Waals surface area contributed by atoms with Crippen LogP contribution in [0.25, 0.3) is 11.3 Å². The number of halogens is 2. The molecule has 2 aromatic heterocycles. The fourth-order valence-corrected chi connectivity index (χ4v) is 3.57. The van der Waals surface area contributed by atoms with Gasteiger partial charge in [0, 0.05) is 57.0 Å². The van der Waals surface area contributed by atoms with Crippen LogP contribution in [-0.2, 0) is 7.05 Å². The van der Waals surface area contributed by atoms with E-state index in [0.717, 1.165) is 5.56 Å². The van der Waals surface area contributed by atoms with Gasteiger partial charge in [-0.25, -0.2) is 4.39 Å². The van der Waals surface area contributed by atoms with Crippen molar-refractivity contribution in [3.05, 3.63) is 65.3 Å². The van der Waals surface area contributed by atoms with Crippen LogP contribution < -0.4 is 4.74 Å². The van der Waals surface area contributed by atoms with E-state index in [0.29, 0.717) is 48.1 Å². The highest BCUT2D eigenvalue weighted by atomic mass is 35.5. The molecule has 0 saturated carbocycles. The summed E-state index contributed by atoms with van der Waals surface area (Å²) in [7, 11) is 1.74. The van der Waals surface area contributed by atoms with Crippen molar-refractivity contribution < 1.29 is 13.9 Å². The molecule has 1 aliphatic rings. The molecule has 3 heterocycles. The molecule has 3 aromatic rings. The van der Waals surface area contributed by atoms with E-state index in [9.17, 15) is 9.18 Å². The minimum absolute atomic E-state index is 0.000244. The van der Waals surface area contributed by atoms with Gasteiger partial charge in [-0.05, 0) is 30.3 Å². The number of piperidine rings is 1. The predicted octanol–water partition coefficient (Wildman–Crippen LogP) is 3.96. The summed E-state index contributed by atoms with van der Waals surface area (Å²) < 4.78 is 20.7. The van der Waals surface area contributed by atoms with Crippen LogP contribution in [0.2, 0.25) is 5.02 Å². The van der Waals surface area contributed by atoms with Crippen LogP contribution in [0, 0.1) is 5.82 Å². The van der Waals surface area contributed by atoms with Gasteiger partial charge in [0.25, 0.3) is 5.91 Å². The van der Waals surface area contributed by atoms with Gasteiger partial charge in [0.15, 0.2) is 0 Å². The number of ether oxygens (including phenoxy) is 1. The van der Waals surface area contributed by atoms with E-state index >= 15 is 0 Å². The molecule has 1 fully saturated rings. The molecule has 0 atom stereocenters. The minimum Gasteiger partial charge on any atom is -0.489 e. The second kappa shape index (κ2) is 8.21. The van der Waals surface area contributed by atoms with Crippen LogP contribution in [0.3, 0.4) is 0 Å². The number of aromatic nitrogens is 3. The molecule has 1 saturated heterocycles. The third-order valence-electron chi connectivity index (χ3n) is 5.00. The van der Waals surface area contributed by atoms with Crippen LogP contribution in [0.5, 0.6) is 5.75 Å². The van der Waals surface area contributed by atoms with Crippen LogP contribution in [0.4, 0.5) is 4.39 Å². The summed E-state index contributed by atoms with van der Waals surface area (Å²) in [5.41, 5.74) is 1.91. The third kappa shape index (κ3) is 4.24. The van der Waals surface area contributed by atoms with Gasteiger partial charge in [0.2, 0.25) is 0 Å². The van der Waals surface area contributed by atoms with Gasteiger partial charge < -0.3 is 9.64 Å². The summed E-state index contributed by atoms with van der Waals surface area (Å²) in [5, 5.41) is 4.89. The first-order valence-electron chi connectivity index (χ1n) is 9.36. The summed E-state index contributed by atoms with van der Waals surface area (Å²) >= 11 is 6.10. The first kappa shape index (κ1) is 19.4. The van der Waals surface area contributed by atoms with Gasteiger partial charge >= 0.3 is 0 Å². The number of aryl methyl sites for hydroxylation is 1. The summed E-state index contributed by atoms with van der Waals surface area (Å²) in [5.74, 6) is 0.231. The maximum atomic E-state index is 13.1. The first-order valence-corrected chi connectivity index (χ1v) is 9.74. The van der Waals surface area contributed by atoms with E-state index in [1.54, 1.807) is 53.3 Å². The summed E-state index contributed by atoms with van der Waals surface area (Å²) in [6, 6.07) is 9.55. The lowest BCUT2D eigenvalue weighted by Crippen LogP contribution is -2.42. The number of benzene rings is 1. The van der Waals surface area contributed by atoms with E-state index in [1.807, 2.05) is 0 Å². The smallest absolute Gasteiger partial charge is 0.272 e. The highest BCUT2D eigenvalue weighted by Gasteiger charge is 2.27. The molecule has 150 valence electrons. The highest BCUT2D eigenvalue weighted by Crippen LogP contribution is 2.27. The van der Waals surface area contributed by atoms with Gasteiger partial charge in [-0.1, -0.05) is 11.6 Å². The van der Waals surface area contributed by atoms with Gasteiger partial charge in [-0.2, -0.15) is 5.10 Å². The molecule has 1 amide bonds. The fourth-order valence-electron chi connectivity index (χ4n) is 3.41. The van der Waals surface area contributed by atoms with Crippen molar-refractivity contribution in [3.8, 4) is 17.0 Å². The number of hydrogen-bond donors (Lipinski definition) is 0. The second-order valence-corrected chi connectivity index (χ2v) is 7.37. The van der Waals surface area contributed by atoms with E-state index in [1.165, 1.54) is 12.1 Å². The summed E-state index contributed by atoms with van der Waals surface area (Å²) in [6.45, 7) is 1.17. The lowest BCUT2D eigenvalue weighted by atomic mass is 10.1. The number of carbonyl (C=O) groups is 1. The number of likely N-dealkylation sites (tertiary alicyclic amines) is 1. The number of hydrogen-bond acceptors (Lipinski definition) is 4. The van der Waals surface area contributed by atoms with Gasteiger partial charge in [0.05, 0.1) is 5.69 Å². The molecule has 6 nitrogen and oxygen atoms in total. The number of carbonyl (C=O) groups excluding carboxylic acids is 1. The van der Waals surface area contributed by atoms with Gasteiger partial charge in [-0.3, -0.25) is 14.5 Å². The average molecular weight is 415 g/mol. The van der Waals surface area contributed by atoms with Crippen LogP contribution in [0.15, 0.2) is 48.8 Å². The zero-order valence-electron chi connectivity index (χ0n) is 15.9. The number of rotatable bonds is 4. The van der Waals surface area contributed by atoms with E-state index < -0.39 is 0 Å². The van der Waals surface area contributed by atoms with Crippen LogP contribution in [0.1, 0.15) is 23.3 Å². The Labute approximate surface area is 172 Å². The SMILES string of the molecule is Cn1nc(-c2ccc(F)cc2)cc1C(=O)N1CCC(Oc2ccncc2Cl)CC1. The lowest BCUT2D eigenvalue weighted by Gasteiger charge is -2.32. The zero-order valence-corrected chi connectivity index (χ0v) is 16.6. The molecule has 1 aliphatic heterocycles. The molecule has 1 aromatic carbocycles. The zero-order chi connectivity index (χ0) is 20.4. The van der Waals surface area contributed by atoms with Gasteiger partial charge in [0.1, 0.15) is 28.4 Å². The summed E-state index contributed by atoms with van der Waals surface area (Å²) in [4.78, 5) is 18.7. The van der Waals surface area contributed by atoms with Crippen LogP contribution >= 0.6 is 11.6 Å². The largest absolute Gasteiger partial charge is 0.489 e. The van der Waals surface area contributed by atoms with Crippen molar-refractivity contribution in [1.82, 2.24) is 19.7 Å². The Bertz CT molecular complexity index is 1010. The Hall–Kier alpha value is -2.93. The van der Waals surface area contributed by atoms with Crippen molar-refractivity contribution in [3.63, 3.8) is 0 Å². The Morgan fingerprint density at radius 1 is 1.21 bits per heavy atom. The number of nitrogens with zero attached hydrogens (tertiary/aromatic N) is 4. The van der Waals surface area contributed by atoms with E-state index in [2.05, 4.69) is 10.1 Å². The van der Waals surface area contributed by atoms with Crippen molar-refractivity contribution in [2.75, 3.05) is 13.1 Å². The topological polar surface area (TPSA) is 60.2 Å². The maximum Gasteiger partial charge on any atom is 0.272 e. The minimum atomic E-state index is -0.306. The molecule has 4 rings (SSSR count). The predicted molar refractivity (Wildman–Crippen MR) is 107 cm³/mol. The molecule has 0 N–H and O–H groups in total. The molecular formula is C21H20ClFN4O2. The maximum absolute atomic E-state index is 13.1. The Morgan fingerprint density at radius 3 is 2.62 bits per heavy atom. The number of pyridine rings is 1. The van der Waals surface area contributed by atoms with E-state index in [-0.39, 0.29) is 17.8 Å². The fraction of sp³-hybridized carbons (Fsp3) is 0.286.